The van der Waals surface area contributed by atoms with Crippen molar-refractivity contribution in [2.24, 2.45) is 52.3 Å². The van der Waals surface area contributed by atoms with Crippen LogP contribution in [0, 0.1) is 59.2 Å². The number of fused-ring (bicyclic) bond motifs is 6. The molecule has 0 amide bonds. The number of nitrogens with zero attached hydrogens (tertiary/aromatic N) is 3. The normalized spacial score (nSPS) is 35.4. The van der Waals surface area contributed by atoms with Crippen molar-refractivity contribution in [3.63, 3.8) is 0 Å². The average Bonchev–Trinajstić information content (AvgIpc) is 3.35. The Morgan fingerprint density at radius 1 is 0.927 bits per heavy atom. The van der Waals surface area contributed by atoms with Crippen LogP contribution in [0.3, 0.4) is 0 Å². The van der Waals surface area contributed by atoms with Crippen LogP contribution in [0.1, 0.15) is 110 Å². The van der Waals surface area contributed by atoms with Crippen molar-refractivity contribution in [2.75, 3.05) is 0 Å². The number of hydrogen-bond acceptors (Lipinski definition) is 1. The third-order valence-corrected chi connectivity index (χ3v) is 13.7. The lowest BCUT2D eigenvalue weighted by atomic mass is 9.46. The molecule has 226 valence electrons. The molecule has 1 aliphatic heterocycles. The van der Waals surface area contributed by atoms with E-state index in [1.54, 1.807) is 12.1 Å². The van der Waals surface area contributed by atoms with Crippen LogP contribution in [0.25, 0.3) is 5.69 Å². The van der Waals surface area contributed by atoms with Crippen molar-refractivity contribution in [3.8, 4) is 5.69 Å². The Morgan fingerprint density at radius 2 is 1.63 bits per heavy atom. The summed E-state index contributed by atoms with van der Waals surface area (Å²) in [7, 11) is 0. The van der Waals surface area contributed by atoms with E-state index in [2.05, 4.69) is 50.9 Å². The van der Waals surface area contributed by atoms with Crippen LogP contribution in [0.4, 0.5) is 0 Å². The fourth-order valence-corrected chi connectivity index (χ4v) is 11.8. The molecular weight excluding hydrogens is 569 g/mol. The summed E-state index contributed by atoms with van der Waals surface area (Å²) in [6.45, 7) is 15.7. The van der Waals surface area contributed by atoms with E-state index in [9.17, 15) is 0 Å². The highest BCUT2D eigenvalue weighted by Crippen LogP contribution is 2.67. The molecule has 0 bridgehead atoms. The molecule has 3 nitrogen and oxygen atoms in total. The van der Waals surface area contributed by atoms with Gasteiger partial charge in [0.2, 0.25) is 0 Å². The van der Waals surface area contributed by atoms with E-state index < -0.39 is 0 Å². The fourth-order valence-electron chi connectivity index (χ4n) is 10.8. The summed E-state index contributed by atoms with van der Waals surface area (Å²) in [5, 5.41) is 1.71. The molecule has 4 aliphatic rings. The molecule has 0 unspecified atom stereocenters. The van der Waals surface area contributed by atoms with E-state index in [-0.39, 0.29) is 0 Å². The predicted octanol–water partition coefficient (Wildman–Crippen LogP) is 10.3. The first-order valence-electron chi connectivity index (χ1n) is 16.6. The Morgan fingerprint density at radius 3 is 2.34 bits per heavy atom. The maximum atomic E-state index is 6.73. The van der Waals surface area contributed by atoms with Gasteiger partial charge in [-0.25, -0.2) is 0 Å². The monoisotopic (exact) mass is 618 g/mol. The van der Waals surface area contributed by atoms with Crippen LogP contribution >= 0.6 is 34.8 Å². The van der Waals surface area contributed by atoms with Gasteiger partial charge in [0.15, 0.2) is 0 Å². The molecule has 0 saturated heterocycles. The maximum Gasteiger partial charge on any atom is 0.320 e. The van der Waals surface area contributed by atoms with Gasteiger partial charge in [0.05, 0.1) is 16.5 Å². The smallest absolute Gasteiger partial charge is 0.149 e. The first-order chi connectivity index (χ1) is 19.4. The van der Waals surface area contributed by atoms with Gasteiger partial charge < -0.3 is 0 Å². The van der Waals surface area contributed by atoms with Crippen LogP contribution in [0.5, 0.6) is 0 Å². The fraction of sp³-hybridized carbons (Fsp3) is 0.771. The standard InChI is InChI=1S/C35H51Cl3N3/c1-21(2)8-7-9-22(3)27-12-13-28-26-11-10-24-18-32-39-23(4)41(33-30(37)19-25(36)20-31(33)38)40(32)17-16-34(24,5)29(26)14-15-35(27,28)6/h19-22,24,26-29H,7-18H2,1-6H3/q+1/t22-,24+,26+,27-,28+,29+,34+,35-/m1/s1. The van der Waals surface area contributed by atoms with Crippen molar-refractivity contribution >= 4 is 34.8 Å². The van der Waals surface area contributed by atoms with Gasteiger partial charge in [-0.2, -0.15) is 0 Å². The van der Waals surface area contributed by atoms with Gasteiger partial charge in [-0.15, -0.1) is 9.36 Å². The molecule has 3 aliphatic carbocycles. The second-order valence-corrected chi connectivity index (χ2v) is 16.6. The lowest BCUT2D eigenvalue weighted by Crippen LogP contribution is -2.52. The molecule has 3 fully saturated rings. The van der Waals surface area contributed by atoms with E-state index in [1.165, 1.54) is 70.0 Å². The number of rotatable bonds is 6. The first-order valence-corrected chi connectivity index (χ1v) is 17.7. The summed E-state index contributed by atoms with van der Waals surface area (Å²) >= 11 is 19.7. The van der Waals surface area contributed by atoms with E-state index in [1.807, 2.05) is 0 Å². The van der Waals surface area contributed by atoms with Gasteiger partial charge in [-0.3, -0.25) is 0 Å². The van der Waals surface area contributed by atoms with E-state index in [0.717, 1.165) is 60.0 Å². The lowest BCUT2D eigenvalue weighted by Gasteiger charge is -2.59. The largest absolute Gasteiger partial charge is 0.320 e. The van der Waals surface area contributed by atoms with Gasteiger partial charge in [0.25, 0.3) is 5.82 Å². The molecule has 1 aromatic heterocycles. The molecule has 8 atom stereocenters. The van der Waals surface area contributed by atoms with Gasteiger partial charge in [-0.05, 0) is 114 Å². The minimum Gasteiger partial charge on any atom is -0.149 e. The molecule has 6 heteroatoms. The zero-order chi connectivity index (χ0) is 29.3. The highest BCUT2D eigenvalue weighted by Gasteiger charge is 2.60. The Hall–Kier alpha value is -0.770. The number of hydrogen-bond donors (Lipinski definition) is 0. The maximum absolute atomic E-state index is 6.73. The molecule has 41 heavy (non-hydrogen) atoms. The summed E-state index contributed by atoms with van der Waals surface area (Å²) in [5.41, 5.74) is 1.70. The van der Waals surface area contributed by atoms with Gasteiger partial charge in [-0.1, -0.05) is 88.7 Å². The number of aryl methyl sites for hydroxylation is 1. The lowest BCUT2D eigenvalue weighted by molar-refractivity contribution is -0.774. The second-order valence-electron chi connectivity index (χ2n) is 15.4. The van der Waals surface area contributed by atoms with Crippen molar-refractivity contribution in [1.29, 1.82) is 0 Å². The zero-order valence-corrected chi connectivity index (χ0v) is 28.4. The Balaban J connectivity index is 1.24. The highest BCUT2D eigenvalue weighted by atomic mass is 35.5. The summed E-state index contributed by atoms with van der Waals surface area (Å²) in [6, 6.07) is 3.58. The SMILES string of the molecule is Cc1nc2[n+](n1-c1c(Cl)cc(Cl)cc1Cl)CC[C@@]1(C)[C@@H](CC[C@@H]3[C@@H]1CC[C@]1(C)[C@@H]([C@H](C)CCCC(C)C)CC[C@@H]31)C2. The Kier molecular flexibility index (Phi) is 8.34. The minimum absolute atomic E-state index is 0.352. The van der Waals surface area contributed by atoms with Crippen molar-refractivity contribution in [1.82, 2.24) is 9.67 Å². The molecule has 6 rings (SSSR count). The number of halogens is 3. The van der Waals surface area contributed by atoms with Crippen molar-refractivity contribution < 1.29 is 4.68 Å². The van der Waals surface area contributed by atoms with Gasteiger partial charge in [0.1, 0.15) is 12.2 Å². The highest BCUT2D eigenvalue weighted by molar-refractivity contribution is 6.40. The van der Waals surface area contributed by atoms with Crippen LogP contribution in [0.15, 0.2) is 12.1 Å². The second kappa shape index (κ2) is 11.3. The molecule has 0 radical (unpaired) electrons. The quantitative estimate of drug-likeness (QED) is 0.295. The first kappa shape index (κ1) is 30.3. The summed E-state index contributed by atoms with van der Waals surface area (Å²) in [4.78, 5) is 5.12. The number of benzene rings is 1. The zero-order valence-electron chi connectivity index (χ0n) is 26.2. The molecule has 2 heterocycles. The predicted molar refractivity (Wildman–Crippen MR) is 171 cm³/mol. The average molecular weight is 620 g/mol. The van der Waals surface area contributed by atoms with Crippen molar-refractivity contribution in [3.05, 3.63) is 38.8 Å². The van der Waals surface area contributed by atoms with E-state index in [0.29, 0.717) is 31.8 Å². The van der Waals surface area contributed by atoms with Crippen LogP contribution in [0.2, 0.25) is 15.1 Å². The minimum atomic E-state index is 0.352. The number of aromatic nitrogens is 3. The van der Waals surface area contributed by atoms with Gasteiger partial charge >= 0.3 is 5.82 Å². The molecule has 3 saturated carbocycles. The van der Waals surface area contributed by atoms with Crippen LogP contribution < -0.4 is 4.68 Å². The van der Waals surface area contributed by atoms with E-state index in [4.69, 9.17) is 39.8 Å². The summed E-state index contributed by atoms with van der Waals surface area (Å²) < 4.78 is 4.54. The van der Waals surface area contributed by atoms with Gasteiger partial charge in [0, 0.05) is 11.9 Å². The molecule has 1 aromatic carbocycles. The van der Waals surface area contributed by atoms with E-state index >= 15 is 0 Å². The van der Waals surface area contributed by atoms with Crippen LogP contribution in [-0.2, 0) is 13.0 Å². The Labute approximate surface area is 263 Å². The molecule has 0 N–H and O–H groups in total. The summed E-state index contributed by atoms with van der Waals surface area (Å²) in [5.74, 6) is 8.07. The van der Waals surface area contributed by atoms with Crippen LogP contribution in [-0.4, -0.2) is 9.67 Å². The third-order valence-electron chi connectivity index (χ3n) is 12.9. The topological polar surface area (TPSA) is 21.7 Å². The molecular formula is C35H51Cl3N3+. The Bertz CT molecular complexity index is 1260. The molecule has 2 aromatic rings. The van der Waals surface area contributed by atoms with Crippen molar-refractivity contribution in [2.45, 2.75) is 119 Å². The summed E-state index contributed by atoms with van der Waals surface area (Å²) in [6.07, 6.45) is 15.0. The molecule has 0 spiro atoms. The third kappa shape index (κ3) is 5.10.